The van der Waals surface area contributed by atoms with Crippen LogP contribution in [0.15, 0.2) is 18.2 Å². The molecule has 0 saturated heterocycles. The van der Waals surface area contributed by atoms with Crippen molar-refractivity contribution in [3.63, 3.8) is 0 Å². The topological polar surface area (TPSA) is 80.5 Å². The van der Waals surface area contributed by atoms with E-state index < -0.39 is 6.04 Å². The molecule has 1 saturated carbocycles. The molecule has 1 unspecified atom stereocenters. The summed E-state index contributed by atoms with van der Waals surface area (Å²) < 4.78 is 0. The number of hydrogen-bond donors (Lipinski definition) is 1. The van der Waals surface area contributed by atoms with Crippen molar-refractivity contribution in [1.29, 1.82) is 0 Å². The highest BCUT2D eigenvalue weighted by Gasteiger charge is 2.37. The van der Waals surface area contributed by atoms with E-state index in [1.165, 1.54) is 0 Å². The van der Waals surface area contributed by atoms with Gasteiger partial charge in [-0.15, -0.1) is 0 Å². The van der Waals surface area contributed by atoms with Gasteiger partial charge in [0.1, 0.15) is 5.78 Å². The summed E-state index contributed by atoms with van der Waals surface area (Å²) >= 11 is 0. The molecule has 1 aromatic rings. The lowest BCUT2D eigenvalue weighted by Crippen LogP contribution is -2.40. The third-order valence-electron chi connectivity index (χ3n) is 4.06. The highest BCUT2D eigenvalue weighted by atomic mass is 16.2. The summed E-state index contributed by atoms with van der Waals surface area (Å²) in [4.78, 5) is 37.6. The predicted octanol–water partition coefficient (Wildman–Crippen LogP) is 1.31. The van der Waals surface area contributed by atoms with E-state index in [4.69, 9.17) is 5.73 Å². The molecule has 20 heavy (non-hydrogen) atoms. The second kappa shape index (κ2) is 4.74. The van der Waals surface area contributed by atoms with Crippen molar-refractivity contribution in [3.05, 3.63) is 29.3 Å². The number of hydrogen-bond acceptors (Lipinski definition) is 4. The fourth-order valence-corrected chi connectivity index (χ4v) is 2.96. The second-order valence-corrected chi connectivity index (χ2v) is 5.41. The number of benzene rings is 1. The fourth-order valence-electron chi connectivity index (χ4n) is 2.96. The lowest BCUT2D eigenvalue weighted by Gasteiger charge is -2.25. The zero-order valence-electron chi connectivity index (χ0n) is 11.1. The summed E-state index contributed by atoms with van der Waals surface area (Å²) in [5.74, 6) is -0.0352. The van der Waals surface area contributed by atoms with Crippen LogP contribution >= 0.6 is 0 Å². The Morgan fingerprint density at radius 1 is 1.10 bits per heavy atom. The monoisotopic (exact) mass is 272 g/mol. The SMILES string of the molecule is Nc1ccc2c(c1)CN(C1CCC(=O)CCC1=O)C2=O. The zero-order valence-corrected chi connectivity index (χ0v) is 11.1. The molecular formula is C15H16N2O3. The molecule has 1 aromatic carbocycles. The van der Waals surface area contributed by atoms with E-state index in [-0.39, 0.29) is 23.9 Å². The minimum atomic E-state index is -0.470. The van der Waals surface area contributed by atoms with Gasteiger partial charge in [0.05, 0.1) is 6.04 Å². The summed E-state index contributed by atoms with van der Waals surface area (Å²) in [6, 6.07) is 4.71. The summed E-state index contributed by atoms with van der Waals surface area (Å²) in [7, 11) is 0. The maximum Gasteiger partial charge on any atom is 0.255 e. The van der Waals surface area contributed by atoms with Crippen molar-refractivity contribution in [2.75, 3.05) is 5.73 Å². The number of nitrogens with two attached hydrogens (primary N) is 1. The van der Waals surface area contributed by atoms with Gasteiger partial charge in [-0.05, 0) is 30.2 Å². The highest BCUT2D eigenvalue weighted by Crippen LogP contribution is 2.29. The third kappa shape index (κ3) is 2.09. The number of nitrogen functional groups attached to an aromatic ring is 1. The quantitative estimate of drug-likeness (QED) is 0.617. The van der Waals surface area contributed by atoms with Crippen LogP contribution in [0.2, 0.25) is 0 Å². The van der Waals surface area contributed by atoms with E-state index in [9.17, 15) is 14.4 Å². The largest absolute Gasteiger partial charge is 0.399 e. The molecule has 0 bridgehead atoms. The molecule has 1 amide bonds. The molecule has 2 N–H and O–H groups in total. The van der Waals surface area contributed by atoms with E-state index in [0.717, 1.165) is 5.56 Å². The normalized spacial score (nSPS) is 22.9. The maximum atomic E-state index is 12.4. The van der Waals surface area contributed by atoms with Crippen LogP contribution in [0.4, 0.5) is 5.69 Å². The third-order valence-corrected chi connectivity index (χ3v) is 4.06. The molecule has 2 aliphatic rings. The number of nitrogens with zero attached hydrogens (tertiary/aromatic N) is 1. The van der Waals surface area contributed by atoms with Crippen LogP contribution in [0.1, 0.15) is 41.6 Å². The van der Waals surface area contributed by atoms with Gasteiger partial charge in [0, 0.05) is 37.1 Å². The molecule has 5 nitrogen and oxygen atoms in total. The van der Waals surface area contributed by atoms with Crippen LogP contribution < -0.4 is 5.73 Å². The van der Waals surface area contributed by atoms with E-state index in [2.05, 4.69) is 0 Å². The van der Waals surface area contributed by atoms with Crippen LogP contribution in [0.25, 0.3) is 0 Å². The van der Waals surface area contributed by atoms with E-state index >= 15 is 0 Å². The molecular weight excluding hydrogens is 256 g/mol. The van der Waals surface area contributed by atoms with Crippen LogP contribution in [0.5, 0.6) is 0 Å². The molecule has 1 aliphatic carbocycles. The number of Topliss-reactive ketones (excluding diaryl/α,β-unsaturated/α-hetero) is 2. The molecule has 1 aliphatic heterocycles. The van der Waals surface area contributed by atoms with Crippen molar-refractivity contribution in [1.82, 2.24) is 4.90 Å². The second-order valence-electron chi connectivity index (χ2n) is 5.41. The number of ketones is 2. The van der Waals surface area contributed by atoms with Gasteiger partial charge in [-0.25, -0.2) is 0 Å². The number of anilines is 1. The first-order valence-electron chi connectivity index (χ1n) is 6.80. The molecule has 1 atom stereocenters. The molecule has 3 rings (SSSR count). The summed E-state index contributed by atoms with van der Waals surface area (Å²) in [5, 5.41) is 0. The molecule has 0 spiro atoms. The van der Waals surface area contributed by atoms with Gasteiger partial charge in [0.2, 0.25) is 0 Å². The first-order chi connectivity index (χ1) is 9.56. The Kier molecular flexibility index (Phi) is 3.04. The Labute approximate surface area is 116 Å². The Morgan fingerprint density at radius 2 is 1.90 bits per heavy atom. The van der Waals surface area contributed by atoms with E-state index in [1.54, 1.807) is 23.1 Å². The molecule has 1 fully saturated rings. The number of rotatable bonds is 1. The smallest absolute Gasteiger partial charge is 0.255 e. The summed E-state index contributed by atoms with van der Waals surface area (Å²) in [6.45, 7) is 0.407. The van der Waals surface area contributed by atoms with Gasteiger partial charge in [0.25, 0.3) is 5.91 Å². The number of fused-ring (bicyclic) bond motifs is 1. The van der Waals surface area contributed by atoms with Gasteiger partial charge in [-0.2, -0.15) is 0 Å². The Bertz CT molecular complexity index is 609. The van der Waals surface area contributed by atoms with Crippen molar-refractivity contribution < 1.29 is 14.4 Å². The van der Waals surface area contributed by atoms with Gasteiger partial charge >= 0.3 is 0 Å². The summed E-state index contributed by atoms with van der Waals surface area (Å²) in [6.07, 6.45) is 1.36. The fraction of sp³-hybridized carbons (Fsp3) is 0.400. The highest BCUT2D eigenvalue weighted by molar-refractivity contribution is 6.02. The molecule has 0 radical (unpaired) electrons. The molecule has 5 heteroatoms. The van der Waals surface area contributed by atoms with Crippen molar-refractivity contribution in [3.8, 4) is 0 Å². The van der Waals surface area contributed by atoms with Gasteiger partial charge in [0.15, 0.2) is 5.78 Å². The molecule has 104 valence electrons. The lowest BCUT2D eigenvalue weighted by molar-refractivity contribution is -0.124. The standard InChI is InChI=1S/C15H16N2O3/c16-10-1-4-12-9(7-10)8-17(15(12)20)13-5-2-11(18)3-6-14(13)19/h1,4,7,13H,2-3,5-6,8,16H2. The molecule has 0 aromatic heterocycles. The van der Waals surface area contributed by atoms with Crippen LogP contribution in [-0.4, -0.2) is 28.4 Å². The van der Waals surface area contributed by atoms with Gasteiger partial charge < -0.3 is 10.6 Å². The predicted molar refractivity (Wildman–Crippen MR) is 73.0 cm³/mol. The lowest BCUT2D eigenvalue weighted by atomic mass is 10.1. The van der Waals surface area contributed by atoms with Crippen molar-refractivity contribution in [2.24, 2.45) is 0 Å². The van der Waals surface area contributed by atoms with Crippen molar-refractivity contribution >= 4 is 23.2 Å². The van der Waals surface area contributed by atoms with Crippen molar-refractivity contribution in [2.45, 2.75) is 38.3 Å². The van der Waals surface area contributed by atoms with E-state index in [0.29, 0.717) is 37.1 Å². The minimum Gasteiger partial charge on any atom is -0.399 e. The first kappa shape index (κ1) is 12.8. The Morgan fingerprint density at radius 3 is 2.70 bits per heavy atom. The Hall–Kier alpha value is -2.17. The van der Waals surface area contributed by atoms with E-state index in [1.807, 2.05) is 0 Å². The van der Waals surface area contributed by atoms with Crippen LogP contribution in [0, 0.1) is 0 Å². The maximum absolute atomic E-state index is 12.4. The molecule has 1 heterocycles. The van der Waals surface area contributed by atoms with Crippen LogP contribution in [0.3, 0.4) is 0 Å². The number of amides is 1. The summed E-state index contributed by atoms with van der Waals surface area (Å²) in [5.41, 5.74) is 7.81. The first-order valence-corrected chi connectivity index (χ1v) is 6.80. The Balaban J connectivity index is 1.87. The average Bonchev–Trinajstić information content (AvgIpc) is 2.63. The number of carbonyl (C=O) groups is 3. The number of carbonyl (C=O) groups excluding carboxylic acids is 3. The average molecular weight is 272 g/mol. The van der Waals surface area contributed by atoms with Gasteiger partial charge in [-0.3, -0.25) is 14.4 Å². The zero-order chi connectivity index (χ0) is 14.3. The minimum absolute atomic E-state index is 0.00928. The van der Waals surface area contributed by atoms with Crippen LogP contribution in [-0.2, 0) is 16.1 Å². The van der Waals surface area contributed by atoms with Gasteiger partial charge in [-0.1, -0.05) is 0 Å².